The van der Waals surface area contributed by atoms with Gasteiger partial charge in [0.05, 0.1) is 10.9 Å². The molecule has 3 heteroatoms. The van der Waals surface area contributed by atoms with Gasteiger partial charge in [0.15, 0.2) is 0 Å². The van der Waals surface area contributed by atoms with Crippen molar-refractivity contribution in [2.45, 2.75) is 24.8 Å². The van der Waals surface area contributed by atoms with Gasteiger partial charge in [-0.2, -0.15) is 0 Å². The lowest BCUT2D eigenvalue weighted by Gasteiger charge is -2.13. The second kappa shape index (κ2) is 6.20. The Balaban J connectivity index is 1.89. The van der Waals surface area contributed by atoms with E-state index in [0.717, 1.165) is 5.75 Å². The van der Waals surface area contributed by atoms with Crippen LogP contribution in [0.15, 0.2) is 53.9 Å². The summed E-state index contributed by atoms with van der Waals surface area (Å²) in [5.41, 5.74) is 2.57. The molecular formula is C18H17BrOS. The van der Waals surface area contributed by atoms with Crippen LogP contribution in [0.4, 0.5) is 0 Å². The summed E-state index contributed by atoms with van der Waals surface area (Å²) < 4.78 is 7.03. The van der Waals surface area contributed by atoms with Crippen molar-refractivity contribution in [1.29, 1.82) is 0 Å². The van der Waals surface area contributed by atoms with E-state index in [1.165, 1.54) is 21.2 Å². The Labute approximate surface area is 137 Å². The van der Waals surface area contributed by atoms with Gasteiger partial charge in [-0.3, -0.25) is 0 Å². The highest BCUT2D eigenvalue weighted by Gasteiger charge is 2.15. The minimum absolute atomic E-state index is 0.205. The zero-order valence-corrected chi connectivity index (χ0v) is 14.4. The third-order valence-corrected chi connectivity index (χ3v) is 5.33. The number of thiophene rings is 1. The van der Waals surface area contributed by atoms with Crippen molar-refractivity contribution in [2.75, 3.05) is 0 Å². The second-order valence-electron chi connectivity index (χ2n) is 5.29. The van der Waals surface area contributed by atoms with Gasteiger partial charge in [0.1, 0.15) is 5.75 Å². The average molecular weight is 361 g/mol. The summed E-state index contributed by atoms with van der Waals surface area (Å²) in [6.45, 7) is 4.08. The van der Waals surface area contributed by atoms with Crippen molar-refractivity contribution in [3.63, 3.8) is 0 Å². The maximum atomic E-state index is 5.70. The summed E-state index contributed by atoms with van der Waals surface area (Å²) in [4.78, 5) is 0.210. The van der Waals surface area contributed by atoms with E-state index in [0.29, 0.717) is 0 Å². The Hall–Kier alpha value is -1.32. The molecule has 0 fully saturated rings. The topological polar surface area (TPSA) is 9.23 Å². The Bertz CT molecular complexity index is 730. The normalized spacial score (nSPS) is 12.8. The number of fused-ring (bicyclic) bond motifs is 1. The van der Waals surface area contributed by atoms with E-state index in [9.17, 15) is 0 Å². The molecule has 0 spiro atoms. The summed E-state index contributed by atoms with van der Waals surface area (Å²) in [6, 6.07) is 16.9. The van der Waals surface area contributed by atoms with Gasteiger partial charge in [-0.1, -0.05) is 46.3 Å². The van der Waals surface area contributed by atoms with Gasteiger partial charge < -0.3 is 4.74 Å². The number of rotatable bonds is 4. The van der Waals surface area contributed by atoms with Crippen LogP contribution in [0, 0.1) is 0 Å². The van der Waals surface area contributed by atoms with E-state index >= 15 is 0 Å². The van der Waals surface area contributed by atoms with Crippen molar-refractivity contribution in [3.8, 4) is 5.75 Å². The van der Waals surface area contributed by atoms with Crippen LogP contribution < -0.4 is 4.74 Å². The highest BCUT2D eigenvalue weighted by molar-refractivity contribution is 9.09. The fourth-order valence-electron chi connectivity index (χ4n) is 2.36. The van der Waals surface area contributed by atoms with E-state index in [1.54, 1.807) is 11.3 Å². The van der Waals surface area contributed by atoms with Crippen molar-refractivity contribution in [2.24, 2.45) is 0 Å². The van der Waals surface area contributed by atoms with E-state index in [1.807, 2.05) is 26.0 Å². The number of ether oxygens (including phenoxy) is 1. The lowest BCUT2D eigenvalue weighted by Crippen LogP contribution is -2.05. The zero-order valence-electron chi connectivity index (χ0n) is 12.0. The lowest BCUT2D eigenvalue weighted by atomic mass is 10.0. The number of hydrogen-bond acceptors (Lipinski definition) is 2. The van der Waals surface area contributed by atoms with Crippen LogP contribution in [0.3, 0.4) is 0 Å². The fraction of sp³-hybridized carbons (Fsp3) is 0.222. The van der Waals surface area contributed by atoms with Crippen LogP contribution in [-0.2, 0) is 0 Å². The Morgan fingerprint density at radius 2 is 1.71 bits per heavy atom. The SMILES string of the molecule is CC(C)Oc1ccc(C(Br)c2csc3ccccc23)cc1. The summed E-state index contributed by atoms with van der Waals surface area (Å²) in [7, 11) is 0. The molecule has 1 nitrogen and oxygen atoms in total. The standard InChI is InChI=1S/C18H17BrOS/c1-12(2)20-14-9-7-13(8-10-14)18(19)16-11-21-17-6-4-3-5-15(16)17/h3-12,18H,1-2H3. The first-order chi connectivity index (χ1) is 10.1. The zero-order chi connectivity index (χ0) is 14.8. The maximum absolute atomic E-state index is 5.70. The first-order valence-corrected chi connectivity index (χ1v) is 8.81. The van der Waals surface area contributed by atoms with Crippen molar-refractivity contribution in [3.05, 3.63) is 65.0 Å². The van der Waals surface area contributed by atoms with Crippen LogP contribution in [0.5, 0.6) is 5.75 Å². The number of benzene rings is 2. The van der Waals surface area contributed by atoms with Gasteiger partial charge >= 0.3 is 0 Å². The van der Waals surface area contributed by atoms with Crippen molar-refractivity contribution in [1.82, 2.24) is 0 Å². The molecule has 1 aromatic heterocycles. The Morgan fingerprint density at radius 1 is 1.00 bits per heavy atom. The van der Waals surface area contributed by atoms with Crippen LogP contribution in [-0.4, -0.2) is 6.10 Å². The number of halogens is 1. The Kier molecular flexibility index (Phi) is 4.32. The molecule has 108 valence electrons. The Morgan fingerprint density at radius 3 is 2.43 bits per heavy atom. The minimum atomic E-state index is 0.205. The predicted octanol–water partition coefficient (Wildman–Crippen LogP) is 6.17. The van der Waals surface area contributed by atoms with E-state index in [2.05, 4.69) is 57.7 Å². The third kappa shape index (κ3) is 3.14. The molecular weight excluding hydrogens is 344 g/mol. The smallest absolute Gasteiger partial charge is 0.119 e. The summed E-state index contributed by atoms with van der Waals surface area (Å²) >= 11 is 5.63. The minimum Gasteiger partial charge on any atom is -0.491 e. The molecule has 3 aromatic rings. The fourth-order valence-corrected chi connectivity index (χ4v) is 4.21. The molecule has 1 unspecified atom stereocenters. The molecule has 0 saturated carbocycles. The highest BCUT2D eigenvalue weighted by Crippen LogP contribution is 2.38. The maximum Gasteiger partial charge on any atom is 0.119 e. The summed E-state index contributed by atoms with van der Waals surface area (Å²) in [5, 5.41) is 3.56. The van der Waals surface area contributed by atoms with Crippen LogP contribution >= 0.6 is 27.3 Å². The predicted molar refractivity (Wildman–Crippen MR) is 94.8 cm³/mol. The van der Waals surface area contributed by atoms with E-state index < -0.39 is 0 Å². The first-order valence-electron chi connectivity index (χ1n) is 7.02. The molecule has 0 aliphatic rings. The molecule has 0 aliphatic heterocycles. The third-order valence-electron chi connectivity index (χ3n) is 3.33. The van der Waals surface area contributed by atoms with Gasteiger partial charge in [0.2, 0.25) is 0 Å². The van der Waals surface area contributed by atoms with Gasteiger partial charge in [0, 0.05) is 4.70 Å². The molecule has 0 aliphatic carbocycles. The monoisotopic (exact) mass is 360 g/mol. The number of hydrogen-bond donors (Lipinski definition) is 0. The van der Waals surface area contributed by atoms with Gasteiger partial charge in [0.25, 0.3) is 0 Å². The molecule has 0 radical (unpaired) electrons. The molecule has 1 atom stereocenters. The van der Waals surface area contributed by atoms with Crippen LogP contribution in [0.1, 0.15) is 29.8 Å². The lowest BCUT2D eigenvalue weighted by molar-refractivity contribution is 0.242. The van der Waals surface area contributed by atoms with Crippen LogP contribution in [0.25, 0.3) is 10.1 Å². The second-order valence-corrected chi connectivity index (χ2v) is 7.11. The summed E-state index contributed by atoms with van der Waals surface area (Å²) in [6.07, 6.45) is 0.205. The highest BCUT2D eigenvalue weighted by atomic mass is 79.9. The number of alkyl halides is 1. The first kappa shape index (κ1) is 14.6. The molecule has 3 rings (SSSR count). The van der Waals surface area contributed by atoms with Gasteiger partial charge in [-0.25, -0.2) is 0 Å². The van der Waals surface area contributed by atoms with Crippen molar-refractivity contribution < 1.29 is 4.74 Å². The summed E-state index contributed by atoms with van der Waals surface area (Å²) in [5.74, 6) is 0.920. The quantitative estimate of drug-likeness (QED) is 0.505. The van der Waals surface area contributed by atoms with E-state index in [-0.39, 0.29) is 10.9 Å². The molecule has 0 saturated heterocycles. The van der Waals surface area contributed by atoms with E-state index in [4.69, 9.17) is 4.74 Å². The molecule has 1 heterocycles. The molecule has 0 amide bonds. The van der Waals surface area contributed by atoms with Gasteiger partial charge in [-0.05, 0) is 53.9 Å². The molecule has 0 N–H and O–H groups in total. The van der Waals surface area contributed by atoms with Gasteiger partial charge in [-0.15, -0.1) is 11.3 Å². The van der Waals surface area contributed by atoms with Crippen LogP contribution in [0.2, 0.25) is 0 Å². The average Bonchev–Trinajstić information content (AvgIpc) is 2.90. The molecule has 2 aromatic carbocycles. The molecule has 0 bridgehead atoms. The molecule has 21 heavy (non-hydrogen) atoms. The van der Waals surface area contributed by atoms with Crippen molar-refractivity contribution >= 4 is 37.4 Å². The largest absolute Gasteiger partial charge is 0.491 e.